The predicted molar refractivity (Wildman–Crippen MR) is 70.8 cm³/mol. The summed E-state index contributed by atoms with van der Waals surface area (Å²) >= 11 is 0. The molecule has 0 saturated heterocycles. The summed E-state index contributed by atoms with van der Waals surface area (Å²) < 4.78 is 5.20. The number of carbonyl (C=O) groups excluding carboxylic acids is 1. The third-order valence-electron chi connectivity index (χ3n) is 2.94. The van der Waals surface area contributed by atoms with Gasteiger partial charge in [0.15, 0.2) is 0 Å². The second kappa shape index (κ2) is 4.97. The van der Waals surface area contributed by atoms with Gasteiger partial charge in [0.1, 0.15) is 5.76 Å². The fourth-order valence-corrected chi connectivity index (χ4v) is 1.93. The van der Waals surface area contributed by atoms with E-state index in [0.717, 1.165) is 16.7 Å². The number of nitrogens with zero attached hydrogens (tertiary/aromatic N) is 1. The van der Waals surface area contributed by atoms with Crippen molar-refractivity contribution in [1.82, 2.24) is 15.5 Å². The molecule has 0 spiro atoms. The molecule has 3 aromatic rings. The maximum Gasteiger partial charge on any atom is 0.251 e. The third kappa shape index (κ3) is 2.49. The quantitative estimate of drug-likeness (QED) is 0.750. The van der Waals surface area contributed by atoms with Crippen molar-refractivity contribution < 1.29 is 9.21 Å². The van der Waals surface area contributed by atoms with Crippen LogP contribution in [0.5, 0.6) is 0 Å². The van der Waals surface area contributed by atoms with Crippen LogP contribution in [-0.2, 0) is 6.42 Å². The van der Waals surface area contributed by atoms with E-state index < -0.39 is 0 Å². The summed E-state index contributed by atoms with van der Waals surface area (Å²) in [7, 11) is 0. The van der Waals surface area contributed by atoms with Crippen LogP contribution >= 0.6 is 0 Å². The number of benzene rings is 1. The molecule has 0 atom stereocenters. The predicted octanol–water partition coefficient (Wildman–Crippen LogP) is 2.13. The van der Waals surface area contributed by atoms with Crippen LogP contribution in [0.1, 0.15) is 16.1 Å². The van der Waals surface area contributed by atoms with Crippen LogP contribution in [-0.4, -0.2) is 22.6 Å². The van der Waals surface area contributed by atoms with E-state index in [1.165, 1.54) is 0 Å². The van der Waals surface area contributed by atoms with E-state index in [1.54, 1.807) is 24.6 Å². The summed E-state index contributed by atoms with van der Waals surface area (Å²) in [4.78, 5) is 12.0. The minimum absolute atomic E-state index is 0.0944. The molecule has 0 aliphatic heterocycles. The van der Waals surface area contributed by atoms with Gasteiger partial charge in [0, 0.05) is 23.9 Å². The van der Waals surface area contributed by atoms with Crippen LogP contribution in [0.25, 0.3) is 10.9 Å². The standard InChI is InChI=1S/C14H13N3O2/c18-14(15-6-5-12-2-1-7-19-12)10-3-4-11-9-16-17-13(11)8-10/h1-4,7-9H,5-6H2,(H,15,18)(H,16,17). The fourth-order valence-electron chi connectivity index (χ4n) is 1.93. The summed E-state index contributed by atoms with van der Waals surface area (Å²) in [5, 5.41) is 10.6. The summed E-state index contributed by atoms with van der Waals surface area (Å²) in [6.45, 7) is 0.549. The molecule has 0 saturated carbocycles. The van der Waals surface area contributed by atoms with E-state index in [-0.39, 0.29) is 5.91 Å². The molecule has 1 aromatic carbocycles. The Hall–Kier alpha value is -2.56. The van der Waals surface area contributed by atoms with Crippen molar-refractivity contribution in [3.05, 3.63) is 54.1 Å². The van der Waals surface area contributed by atoms with E-state index in [4.69, 9.17) is 4.42 Å². The second-order valence-electron chi connectivity index (χ2n) is 4.26. The van der Waals surface area contributed by atoms with Gasteiger partial charge in [-0.25, -0.2) is 0 Å². The van der Waals surface area contributed by atoms with Crippen molar-refractivity contribution in [1.29, 1.82) is 0 Å². The number of H-pyrrole nitrogens is 1. The number of hydrogen-bond acceptors (Lipinski definition) is 3. The largest absolute Gasteiger partial charge is 0.469 e. The number of carbonyl (C=O) groups is 1. The second-order valence-corrected chi connectivity index (χ2v) is 4.26. The number of fused-ring (bicyclic) bond motifs is 1. The molecule has 0 aliphatic carbocycles. The minimum Gasteiger partial charge on any atom is -0.469 e. The van der Waals surface area contributed by atoms with Gasteiger partial charge in [-0.3, -0.25) is 9.89 Å². The van der Waals surface area contributed by atoms with Gasteiger partial charge in [-0.2, -0.15) is 5.10 Å². The molecule has 0 radical (unpaired) electrons. The van der Waals surface area contributed by atoms with Crippen molar-refractivity contribution in [2.75, 3.05) is 6.54 Å². The highest BCUT2D eigenvalue weighted by molar-refractivity contribution is 5.97. The van der Waals surface area contributed by atoms with Crippen molar-refractivity contribution in [2.45, 2.75) is 6.42 Å². The van der Waals surface area contributed by atoms with Gasteiger partial charge in [0.05, 0.1) is 18.0 Å². The Morgan fingerprint density at radius 3 is 3.16 bits per heavy atom. The summed E-state index contributed by atoms with van der Waals surface area (Å²) in [5.41, 5.74) is 1.48. The lowest BCUT2D eigenvalue weighted by atomic mass is 10.1. The van der Waals surface area contributed by atoms with Crippen LogP contribution in [0.15, 0.2) is 47.2 Å². The molecule has 96 valence electrons. The van der Waals surface area contributed by atoms with Crippen LogP contribution in [0, 0.1) is 0 Å². The van der Waals surface area contributed by atoms with Crippen molar-refractivity contribution >= 4 is 16.8 Å². The molecule has 2 aromatic heterocycles. The van der Waals surface area contributed by atoms with Crippen LogP contribution < -0.4 is 5.32 Å². The zero-order valence-electron chi connectivity index (χ0n) is 10.2. The zero-order chi connectivity index (χ0) is 13.1. The molecule has 3 rings (SSSR count). The first kappa shape index (κ1) is 11.5. The fraction of sp³-hybridized carbons (Fsp3) is 0.143. The van der Waals surface area contributed by atoms with E-state index in [9.17, 15) is 4.79 Å². The Morgan fingerprint density at radius 2 is 2.32 bits per heavy atom. The molecule has 0 unspecified atom stereocenters. The Kier molecular flexibility index (Phi) is 3.02. The molecular formula is C14H13N3O2. The van der Waals surface area contributed by atoms with Gasteiger partial charge in [-0.15, -0.1) is 0 Å². The molecule has 2 N–H and O–H groups in total. The number of rotatable bonds is 4. The van der Waals surface area contributed by atoms with Gasteiger partial charge in [0.25, 0.3) is 5.91 Å². The first-order valence-electron chi connectivity index (χ1n) is 6.06. The highest BCUT2D eigenvalue weighted by atomic mass is 16.3. The summed E-state index contributed by atoms with van der Waals surface area (Å²) in [5.74, 6) is 0.771. The molecular weight excluding hydrogens is 242 g/mol. The van der Waals surface area contributed by atoms with E-state index >= 15 is 0 Å². The molecule has 5 heteroatoms. The summed E-state index contributed by atoms with van der Waals surface area (Å²) in [6, 6.07) is 9.19. The first-order valence-corrected chi connectivity index (χ1v) is 6.06. The number of amides is 1. The first-order chi connectivity index (χ1) is 9.33. The minimum atomic E-state index is -0.0944. The lowest BCUT2D eigenvalue weighted by Gasteiger charge is -2.04. The monoisotopic (exact) mass is 255 g/mol. The van der Waals surface area contributed by atoms with Crippen LogP contribution in [0.3, 0.4) is 0 Å². The lowest BCUT2D eigenvalue weighted by molar-refractivity contribution is 0.0954. The molecule has 0 bridgehead atoms. The molecule has 0 fully saturated rings. The topological polar surface area (TPSA) is 70.9 Å². The number of hydrogen-bond donors (Lipinski definition) is 2. The molecule has 5 nitrogen and oxygen atoms in total. The van der Waals surface area contributed by atoms with Gasteiger partial charge in [-0.05, 0) is 24.3 Å². The van der Waals surface area contributed by atoms with E-state index in [2.05, 4.69) is 15.5 Å². The average Bonchev–Trinajstić information content (AvgIpc) is 3.08. The SMILES string of the molecule is O=C(NCCc1ccco1)c1ccc2cn[nH]c2c1. The normalized spacial score (nSPS) is 10.7. The van der Waals surface area contributed by atoms with Gasteiger partial charge < -0.3 is 9.73 Å². The Balaban J connectivity index is 1.63. The molecule has 1 amide bonds. The number of nitrogens with one attached hydrogen (secondary N) is 2. The van der Waals surface area contributed by atoms with E-state index in [1.807, 2.05) is 18.2 Å². The number of aromatic amines is 1. The Labute approximate surface area is 109 Å². The maximum atomic E-state index is 12.0. The van der Waals surface area contributed by atoms with Gasteiger partial charge in [-0.1, -0.05) is 6.07 Å². The molecule has 0 aliphatic rings. The smallest absolute Gasteiger partial charge is 0.251 e. The molecule has 19 heavy (non-hydrogen) atoms. The van der Waals surface area contributed by atoms with Gasteiger partial charge in [0.2, 0.25) is 0 Å². The van der Waals surface area contributed by atoms with Crippen LogP contribution in [0.4, 0.5) is 0 Å². The van der Waals surface area contributed by atoms with Crippen molar-refractivity contribution in [3.63, 3.8) is 0 Å². The Bertz CT molecular complexity index is 686. The number of furan rings is 1. The maximum absolute atomic E-state index is 12.0. The third-order valence-corrected chi connectivity index (χ3v) is 2.94. The number of aromatic nitrogens is 2. The average molecular weight is 255 g/mol. The van der Waals surface area contributed by atoms with Crippen LogP contribution in [0.2, 0.25) is 0 Å². The summed E-state index contributed by atoms with van der Waals surface area (Å²) in [6.07, 6.45) is 4.04. The zero-order valence-corrected chi connectivity index (χ0v) is 10.2. The molecule has 2 heterocycles. The van der Waals surface area contributed by atoms with Crippen molar-refractivity contribution in [2.24, 2.45) is 0 Å². The van der Waals surface area contributed by atoms with Gasteiger partial charge >= 0.3 is 0 Å². The van der Waals surface area contributed by atoms with E-state index in [0.29, 0.717) is 18.5 Å². The highest BCUT2D eigenvalue weighted by Gasteiger charge is 2.07. The lowest BCUT2D eigenvalue weighted by Crippen LogP contribution is -2.25. The highest BCUT2D eigenvalue weighted by Crippen LogP contribution is 2.12. The van der Waals surface area contributed by atoms with Crippen molar-refractivity contribution in [3.8, 4) is 0 Å². The Morgan fingerprint density at radius 1 is 1.37 bits per heavy atom.